The zero-order valence-electron chi connectivity index (χ0n) is 15.1. The number of furan rings is 1. The van der Waals surface area contributed by atoms with Crippen LogP contribution in [0.1, 0.15) is 25.6 Å². The second kappa shape index (κ2) is 8.63. The number of benzene rings is 1. The molecule has 0 saturated carbocycles. The standard InChI is InChI=1S/C18H21N5O3S/c1-3-25-14-8-6-13(7-9-14)17-21-22-18(23(17)19)27-11-16(24)20-12(2)15-5-4-10-26-15/h4-10,12H,3,11,19H2,1-2H3,(H,20,24)/t12-/m0/s1. The molecule has 142 valence electrons. The summed E-state index contributed by atoms with van der Waals surface area (Å²) in [4.78, 5) is 12.1. The van der Waals surface area contributed by atoms with Crippen molar-refractivity contribution in [1.82, 2.24) is 20.2 Å². The molecule has 0 spiro atoms. The molecular formula is C18H21N5O3S. The van der Waals surface area contributed by atoms with Gasteiger partial charge < -0.3 is 20.3 Å². The highest BCUT2D eigenvalue weighted by molar-refractivity contribution is 7.99. The van der Waals surface area contributed by atoms with E-state index in [9.17, 15) is 4.79 Å². The normalized spacial score (nSPS) is 11.9. The number of carbonyl (C=O) groups is 1. The summed E-state index contributed by atoms with van der Waals surface area (Å²) in [6, 6.07) is 10.8. The highest BCUT2D eigenvalue weighted by Gasteiger charge is 2.16. The topological polar surface area (TPSA) is 108 Å². The largest absolute Gasteiger partial charge is 0.494 e. The van der Waals surface area contributed by atoms with Gasteiger partial charge in [-0.1, -0.05) is 11.8 Å². The Kier molecular flexibility index (Phi) is 6.02. The number of nitrogen functional groups attached to an aromatic ring is 1. The number of nitrogens with one attached hydrogen (secondary N) is 1. The van der Waals surface area contributed by atoms with Crippen molar-refractivity contribution < 1.29 is 13.9 Å². The van der Waals surface area contributed by atoms with Crippen molar-refractivity contribution in [2.75, 3.05) is 18.2 Å². The number of hydrogen-bond acceptors (Lipinski definition) is 7. The molecule has 0 radical (unpaired) electrons. The van der Waals surface area contributed by atoms with Crippen molar-refractivity contribution in [2.45, 2.75) is 25.0 Å². The molecule has 8 nitrogen and oxygen atoms in total. The molecular weight excluding hydrogens is 366 g/mol. The average molecular weight is 387 g/mol. The van der Waals surface area contributed by atoms with E-state index in [0.717, 1.165) is 11.3 Å². The van der Waals surface area contributed by atoms with Crippen LogP contribution in [0.2, 0.25) is 0 Å². The van der Waals surface area contributed by atoms with Crippen LogP contribution in [0.25, 0.3) is 11.4 Å². The van der Waals surface area contributed by atoms with E-state index in [0.29, 0.717) is 23.3 Å². The third-order valence-corrected chi connectivity index (χ3v) is 4.71. The van der Waals surface area contributed by atoms with E-state index in [1.807, 2.05) is 44.2 Å². The first-order valence-corrected chi connectivity index (χ1v) is 9.46. The Bertz CT molecular complexity index is 877. The Morgan fingerprint density at radius 3 is 2.78 bits per heavy atom. The molecule has 0 unspecified atom stereocenters. The predicted octanol–water partition coefficient (Wildman–Crippen LogP) is 2.62. The fourth-order valence-electron chi connectivity index (χ4n) is 2.46. The van der Waals surface area contributed by atoms with Crippen LogP contribution in [-0.4, -0.2) is 33.1 Å². The van der Waals surface area contributed by atoms with Gasteiger partial charge in [0.2, 0.25) is 11.1 Å². The average Bonchev–Trinajstić information content (AvgIpc) is 3.31. The summed E-state index contributed by atoms with van der Waals surface area (Å²) in [5.41, 5.74) is 0.816. The van der Waals surface area contributed by atoms with Gasteiger partial charge in [-0.2, -0.15) is 0 Å². The summed E-state index contributed by atoms with van der Waals surface area (Å²) in [5.74, 6) is 8.12. The van der Waals surface area contributed by atoms with Crippen LogP contribution in [0.15, 0.2) is 52.2 Å². The number of thioether (sulfide) groups is 1. The maximum atomic E-state index is 12.1. The summed E-state index contributed by atoms with van der Waals surface area (Å²) in [5, 5.41) is 11.5. The number of nitrogens with two attached hydrogens (primary N) is 1. The second-order valence-electron chi connectivity index (χ2n) is 5.73. The number of amides is 1. The molecule has 1 atom stereocenters. The van der Waals surface area contributed by atoms with Crippen LogP contribution in [0.5, 0.6) is 5.75 Å². The maximum Gasteiger partial charge on any atom is 0.231 e. The Morgan fingerprint density at radius 1 is 1.33 bits per heavy atom. The first-order valence-electron chi connectivity index (χ1n) is 8.47. The molecule has 0 saturated heterocycles. The van der Waals surface area contributed by atoms with E-state index in [1.54, 1.807) is 12.3 Å². The van der Waals surface area contributed by atoms with E-state index >= 15 is 0 Å². The molecule has 0 fully saturated rings. The van der Waals surface area contributed by atoms with E-state index in [1.165, 1.54) is 16.4 Å². The molecule has 2 aromatic heterocycles. The van der Waals surface area contributed by atoms with Gasteiger partial charge in [-0.05, 0) is 50.2 Å². The summed E-state index contributed by atoms with van der Waals surface area (Å²) >= 11 is 1.22. The Labute approximate surface area is 161 Å². The highest BCUT2D eigenvalue weighted by Crippen LogP contribution is 2.23. The zero-order valence-corrected chi connectivity index (χ0v) is 15.9. The smallest absolute Gasteiger partial charge is 0.231 e. The van der Waals surface area contributed by atoms with Gasteiger partial charge in [0.1, 0.15) is 11.5 Å². The molecule has 2 heterocycles. The highest BCUT2D eigenvalue weighted by atomic mass is 32.2. The molecule has 3 rings (SSSR count). The third-order valence-electron chi connectivity index (χ3n) is 3.77. The van der Waals surface area contributed by atoms with Crippen LogP contribution in [0, 0.1) is 0 Å². The Balaban J connectivity index is 1.59. The van der Waals surface area contributed by atoms with Crippen molar-refractivity contribution in [2.24, 2.45) is 0 Å². The fraction of sp³-hybridized carbons (Fsp3) is 0.278. The molecule has 3 aromatic rings. The minimum atomic E-state index is -0.205. The number of hydrogen-bond donors (Lipinski definition) is 2. The lowest BCUT2D eigenvalue weighted by atomic mass is 10.2. The van der Waals surface area contributed by atoms with Gasteiger partial charge in [-0.3, -0.25) is 4.79 Å². The van der Waals surface area contributed by atoms with Crippen LogP contribution in [0.3, 0.4) is 0 Å². The lowest BCUT2D eigenvalue weighted by molar-refractivity contribution is -0.119. The van der Waals surface area contributed by atoms with Gasteiger partial charge in [-0.25, -0.2) is 4.68 Å². The van der Waals surface area contributed by atoms with Crippen LogP contribution >= 0.6 is 11.8 Å². The first kappa shape index (κ1) is 18.8. The van der Waals surface area contributed by atoms with Gasteiger partial charge in [0, 0.05) is 5.56 Å². The molecule has 1 amide bonds. The monoisotopic (exact) mass is 387 g/mol. The minimum Gasteiger partial charge on any atom is -0.494 e. The van der Waals surface area contributed by atoms with Gasteiger partial charge in [0.25, 0.3) is 0 Å². The van der Waals surface area contributed by atoms with Crippen LogP contribution in [-0.2, 0) is 4.79 Å². The fourth-order valence-corrected chi connectivity index (χ4v) is 3.13. The van der Waals surface area contributed by atoms with Crippen molar-refractivity contribution in [1.29, 1.82) is 0 Å². The molecule has 9 heteroatoms. The molecule has 1 aromatic carbocycles. The maximum absolute atomic E-state index is 12.1. The molecule has 0 bridgehead atoms. The van der Waals surface area contributed by atoms with Gasteiger partial charge in [-0.15, -0.1) is 10.2 Å². The van der Waals surface area contributed by atoms with Crippen LogP contribution in [0.4, 0.5) is 0 Å². The number of rotatable bonds is 8. The minimum absolute atomic E-state index is 0.144. The lowest BCUT2D eigenvalue weighted by Crippen LogP contribution is -2.28. The predicted molar refractivity (Wildman–Crippen MR) is 103 cm³/mol. The van der Waals surface area contributed by atoms with Crippen LogP contribution < -0.4 is 15.9 Å². The number of carbonyl (C=O) groups excluding carboxylic acids is 1. The van der Waals surface area contributed by atoms with Crippen molar-refractivity contribution in [3.63, 3.8) is 0 Å². The van der Waals surface area contributed by atoms with Gasteiger partial charge >= 0.3 is 0 Å². The van der Waals surface area contributed by atoms with Crippen molar-refractivity contribution in [3.05, 3.63) is 48.4 Å². The number of aromatic nitrogens is 3. The first-order chi connectivity index (χ1) is 13.1. The lowest BCUT2D eigenvalue weighted by Gasteiger charge is -2.11. The molecule has 0 aliphatic rings. The Morgan fingerprint density at radius 2 is 2.11 bits per heavy atom. The summed E-state index contributed by atoms with van der Waals surface area (Å²) in [7, 11) is 0. The van der Waals surface area contributed by atoms with E-state index < -0.39 is 0 Å². The van der Waals surface area contributed by atoms with Crippen molar-refractivity contribution >= 4 is 17.7 Å². The summed E-state index contributed by atoms with van der Waals surface area (Å²) in [6.07, 6.45) is 1.58. The molecule has 0 aliphatic carbocycles. The third kappa shape index (κ3) is 4.62. The molecule has 0 aliphatic heterocycles. The molecule has 3 N–H and O–H groups in total. The van der Waals surface area contributed by atoms with Crippen molar-refractivity contribution in [3.8, 4) is 17.1 Å². The number of ether oxygens (including phenoxy) is 1. The quantitative estimate of drug-likeness (QED) is 0.452. The summed E-state index contributed by atoms with van der Waals surface area (Å²) < 4.78 is 12.1. The van der Waals surface area contributed by atoms with E-state index in [2.05, 4.69) is 15.5 Å². The zero-order chi connectivity index (χ0) is 19.2. The molecule has 27 heavy (non-hydrogen) atoms. The van der Waals surface area contributed by atoms with Gasteiger partial charge in [0.05, 0.1) is 24.7 Å². The SMILES string of the molecule is CCOc1ccc(-c2nnc(SCC(=O)N[C@@H](C)c3ccco3)n2N)cc1. The summed E-state index contributed by atoms with van der Waals surface area (Å²) in [6.45, 7) is 4.39. The van der Waals surface area contributed by atoms with E-state index in [-0.39, 0.29) is 17.7 Å². The second-order valence-corrected chi connectivity index (χ2v) is 6.67. The number of nitrogens with zero attached hydrogens (tertiary/aromatic N) is 3. The Hall–Kier alpha value is -2.94. The van der Waals surface area contributed by atoms with Gasteiger partial charge in [0.15, 0.2) is 5.82 Å². The van der Waals surface area contributed by atoms with E-state index in [4.69, 9.17) is 15.0 Å².